The molecule has 2 nitrogen and oxygen atoms in total. The molecule has 0 saturated carbocycles. The van der Waals surface area contributed by atoms with Crippen molar-refractivity contribution in [2.45, 2.75) is 0 Å². The molecule has 3 aromatic rings. The first kappa shape index (κ1) is 12.4. The van der Waals surface area contributed by atoms with E-state index in [0.29, 0.717) is 0 Å². The van der Waals surface area contributed by atoms with E-state index in [1.807, 2.05) is 31.4 Å². The second kappa shape index (κ2) is 5.10. The molecule has 0 bridgehead atoms. The minimum atomic E-state index is 0. The van der Waals surface area contributed by atoms with Crippen LogP contribution in [0.25, 0.3) is 20.9 Å². The Kier molecular flexibility index (Phi) is 3.73. The number of halogens is 1. The SMILES string of the molecule is C[n+]1ccccc1-c1nc2ccccc2s1.[I-]. The van der Waals surface area contributed by atoms with E-state index in [1.165, 1.54) is 4.70 Å². The van der Waals surface area contributed by atoms with Crippen molar-refractivity contribution in [3.05, 3.63) is 48.7 Å². The summed E-state index contributed by atoms with van der Waals surface area (Å²) in [5.74, 6) is 0. The van der Waals surface area contributed by atoms with Crippen LogP contribution in [-0.2, 0) is 7.05 Å². The predicted octanol–water partition coefficient (Wildman–Crippen LogP) is -0.208. The number of rotatable bonds is 1. The number of aryl methyl sites for hydroxylation is 1. The maximum atomic E-state index is 4.64. The molecule has 0 amide bonds. The van der Waals surface area contributed by atoms with Gasteiger partial charge in [0.15, 0.2) is 11.2 Å². The summed E-state index contributed by atoms with van der Waals surface area (Å²) in [7, 11) is 2.04. The van der Waals surface area contributed by atoms with Gasteiger partial charge >= 0.3 is 0 Å². The number of hydrogen-bond acceptors (Lipinski definition) is 2. The van der Waals surface area contributed by atoms with Crippen molar-refractivity contribution < 1.29 is 28.5 Å². The summed E-state index contributed by atoms with van der Waals surface area (Å²) in [6, 6.07) is 14.4. The lowest BCUT2D eigenvalue weighted by Gasteiger charge is -1.93. The summed E-state index contributed by atoms with van der Waals surface area (Å²) in [6.45, 7) is 0. The van der Waals surface area contributed by atoms with Gasteiger partial charge in [0.05, 0.1) is 10.2 Å². The zero-order valence-corrected chi connectivity index (χ0v) is 12.3. The van der Waals surface area contributed by atoms with E-state index in [4.69, 9.17) is 0 Å². The van der Waals surface area contributed by atoms with Gasteiger partial charge in [-0.25, -0.2) is 4.98 Å². The molecule has 17 heavy (non-hydrogen) atoms. The smallest absolute Gasteiger partial charge is 0.241 e. The van der Waals surface area contributed by atoms with Crippen LogP contribution in [0.3, 0.4) is 0 Å². The minimum Gasteiger partial charge on any atom is -1.00 e. The first-order chi connectivity index (χ1) is 7.84. The van der Waals surface area contributed by atoms with E-state index in [-0.39, 0.29) is 24.0 Å². The number of pyridine rings is 1. The fourth-order valence-electron chi connectivity index (χ4n) is 1.73. The molecule has 0 radical (unpaired) electrons. The van der Waals surface area contributed by atoms with Gasteiger partial charge < -0.3 is 24.0 Å². The Bertz CT molecular complexity index is 615. The fraction of sp³-hybridized carbons (Fsp3) is 0.0769. The Morgan fingerprint density at radius 3 is 2.59 bits per heavy atom. The normalized spacial score (nSPS) is 10.2. The van der Waals surface area contributed by atoms with Crippen LogP contribution in [-0.4, -0.2) is 4.98 Å². The topological polar surface area (TPSA) is 16.8 Å². The van der Waals surface area contributed by atoms with Crippen LogP contribution >= 0.6 is 11.3 Å². The van der Waals surface area contributed by atoms with Crippen molar-refractivity contribution in [3.8, 4) is 10.7 Å². The summed E-state index contributed by atoms with van der Waals surface area (Å²) in [5, 5.41) is 1.07. The van der Waals surface area contributed by atoms with E-state index >= 15 is 0 Å². The number of hydrogen-bond donors (Lipinski definition) is 0. The molecule has 0 atom stereocenters. The largest absolute Gasteiger partial charge is 1.00 e. The molecule has 0 fully saturated rings. The van der Waals surface area contributed by atoms with E-state index < -0.39 is 0 Å². The average molecular weight is 354 g/mol. The highest BCUT2D eigenvalue weighted by molar-refractivity contribution is 7.21. The highest BCUT2D eigenvalue weighted by atomic mass is 127. The Balaban J connectivity index is 0.00000108. The van der Waals surface area contributed by atoms with Crippen LogP contribution in [0.15, 0.2) is 48.7 Å². The molecule has 2 aromatic heterocycles. The fourth-order valence-corrected chi connectivity index (χ4v) is 2.76. The predicted molar refractivity (Wildman–Crippen MR) is 66.2 cm³/mol. The number of fused-ring (bicyclic) bond motifs is 1. The van der Waals surface area contributed by atoms with E-state index in [0.717, 1.165) is 16.2 Å². The molecule has 0 spiro atoms. The quantitative estimate of drug-likeness (QED) is 0.437. The van der Waals surface area contributed by atoms with Gasteiger partial charge in [0.1, 0.15) is 7.05 Å². The van der Waals surface area contributed by atoms with E-state index in [9.17, 15) is 0 Å². The van der Waals surface area contributed by atoms with Gasteiger partial charge in [0.2, 0.25) is 5.69 Å². The van der Waals surface area contributed by atoms with Crippen molar-refractivity contribution in [2.24, 2.45) is 7.05 Å². The summed E-state index contributed by atoms with van der Waals surface area (Å²) in [5.41, 5.74) is 2.23. The minimum absolute atomic E-state index is 0. The van der Waals surface area contributed by atoms with Gasteiger partial charge in [-0.3, -0.25) is 0 Å². The lowest BCUT2D eigenvalue weighted by molar-refractivity contribution is -0.660. The van der Waals surface area contributed by atoms with Crippen LogP contribution in [0, 0.1) is 0 Å². The molecular weight excluding hydrogens is 343 g/mol. The Morgan fingerprint density at radius 2 is 1.82 bits per heavy atom. The highest BCUT2D eigenvalue weighted by Gasteiger charge is 2.13. The Labute approximate surface area is 121 Å². The van der Waals surface area contributed by atoms with Gasteiger partial charge in [-0.1, -0.05) is 12.1 Å². The maximum absolute atomic E-state index is 4.64. The lowest BCUT2D eigenvalue weighted by atomic mass is 10.3. The number of thiazole rings is 1. The van der Waals surface area contributed by atoms with Crippen molar-refractivity contribution in [3.63, 3.8) is 0 Å². The summed E-state index contributed by atoms with van der Waals surface area (Å²) in [4.78, 5) is 4.64. The third kappa shape index (κ3) is 2.32. The third-order valence-corrected chi connectivity index (χ3v) is 3.63. The van der Waals surface area contributed by atoms with Crippen molar-refractivity contribution >= 4 is 21.6 Å². The van der Waals surface area contributed by atoms with Crippen LogP contribution in [0.2, 0.25) is 0 Å². The molecule has 2 heterocycles. The molecule has 0 unspecified atom stereocenters. The van der Waals surface area contributed by atoms with Crippen LogP contribution < -0.4 is 28.5 Å². The van der Waals surface area contributed by atoms with Gasteiger partial charge in [0, 0.05) is 12.1 Å². The van der Waals surface area contributed by atoms with Crippen LogP contribution in [0.4, 0.5) is 0 Å². The zero-order chi connectivity index (χ0) is 11.0. The molecule has 0 N–H and O–H groups in total. The number of nitrogens with zero attached hydrogens (tertiary/aromatic N) is 2. The summed E-state index contributed by atoms with van der Waals surface area (Å²) in [6.07, 6.45) is 2.04. The zero-order valence-electron chi connectivity index (χ0n) is 9.30. The second-order valence-electron chi connectivity index (χ2n) is 3.68. The van der Waals surface area contributed by atoms with Crippen molar-refractivity contribution in [1.29, 1.82) is 0 Å². The van der Waals surface area contributed by atoms with Gasteiger partial charge in [0.25, 0.3) is 0 Å². The Morgan fingerprint density at radius 1 is 1.06 bits per heavy atom. The number of aromatic nitrogens is 2. The molecule has 0 aliphatic rings. The number of benzene rings is 1. The van der Waals surface area contributed by atoms with E-state index in [2.05, 4.69) is 33.8 Å². The molecule has 3 rings (SSSR count). The molecule has 4 heteroatoms. The highest BCUT2D eigenvalue weighted by Crippen LogP contribution is 2.27. The summed E-state index contributed by atoms with van der Waals surface area (Å²) >= 11 is 1.73. The van der Waals surface area contributed by atoms with Crippen molar-refractivity contribution in [1.82, 2.24) is 4.98 Å². The number of para-hydroxylation sites is 1. The van der Waals surface area contributed by atoms with Crippen LogP contribution in [0.5, 0.6) is 0 Å². The lowest BCUT2D eigenvalue weighted by Crippen LogP contribution is -3.00. The van der Waals surface area contributed by atoms with Crippen LogP contribution in [0.1, 0.15) is 0 Å². The van der Waals surface area contributed by atoms with Gasteiger partial charge in [-0.2, -0.15) is 4.57 Å². The van der Waals surface area contributed by atoms with E-state index in [1.54, 1.807) is 11.3 Å². The van der Waals surface area contributed by atoms with Crippen molar-refractivity contribution in [2.75, 3.05) is 0 Å². The molecule has 0 saturated heterocycles. The van der Waals surface area contributed by atoms with Gasteiger partial charge in [-0.05, 0) is 18.2 Å². The van der Waals surface area contributed by atoms with Gasteiger partial charge in [-0.15, -0.1) is 11.3 Å². The molecular formula is C13H11IN2S. The monoisotopic (exact) mass is 354 g/mol. The maximum Gasteiger partial charge on any atom is 0.241 e. The first-order valence-electron chi connectivity index (χ1n) is 5.15. The first-order valence-corrected chi connectivity index (χ1v) is 5.97. The molecule has 86 valence electrons. The average Bonchev–Trinajstić information content (AvgIpc) is 2.73. The standard InChI is InChI=1S/C13H11N2S.HI/c1-15-9-5-4-7-11(15)13-14-10-6-2-3-8-12(10)16-13;/h2-9H,1H3;1H/q+1;/p-1. The second-order valence-corrected chi connectivity index (χ2v) is 4.71. The third-order valence-electron chi connectivity index (χ3n) is 2.57. The summed E-state index contributed by atoms with van der Waals surface area (Å²) < 4.78 is 3.33. The molecule has 0 aliphatic heterocycles. The molecule has 1 aromatic carbocycles. The molecule has 0 aliphatic carbocycles. The Hall–Kier alpha value is -1.01.